The number of aryl methyl sites for hydroxylation is 2. The van der Waals surface area contributed by atoms with Crippen molar-refractivity contribution in [3.63, 3.8) is 0 Å². The zero-order chi connectivity index (χ0) is 30.6. The van der Waals surface area contributed by atoms with Crippen LogP contribution in [0.1, 0.15) is 30.4 Å². The summed E-state index contributed by atoms with van der Waals surface area (Å²) < 4.78 is 3.83. The summed E-state index contributed by atoms with van der Waals surface area (Å²) in [6, 6.07) is 16.2. The number of hydrogen-bond acceptors (Lipinski definition) is 8. The van der Waals surface area contributed by atoms with E-state index in [-0.39, 0.29) is 11.8 Å². The summed E-state index contributed by atoms with van der Waals surface area (Å²) in [7, 11) is 0. The van der Waals surface area contributed by atoms with Crippen LogP contribution in [0.5, 0.6) is 0 Å². The number of hydrogen-bond donors (Lipinski definition) is 3. The van der Waals surface area contributed by atoms with Crippen molar-refractivity contribution < 1.29 is 4.79 Å². The zero-order valence-corrected chi connectivity index (χ0v) is 24.5. The van der Waals surface area contributed by atoms with Crippen molar-refractivity contribution in [2.45, 2.75) is 32.1 Å². The number of nitrogen functional groups attached to an aromatic ring is 1. The molecule has 1 fully saturated rings. The average Bonchev–Trinajstić information content (AvgIpc) is 3.84. The van der Waals surface area contributed by atoms with Gasteiger partial charge in [-0.05, 0) is 91.8 Å². The first kappa shape index (κ1) is 28.7. The Hall–Kier alpha value is -5.45. The smallest absolute Gasteiger partial charge is 0.245 e. The predicted octanol–water partition coefficient (Wildman–Crippen LogP) is 3.91. The van der Waals surface area contributed by atoms with Crippen LogP contribution in [-0.4, -0.2) is 53.2 Å². The molecule has 0 radical (unpaired) electrons. The van der Waals surface area contributed by atoms with Crippen molar-refractivity contribution in [3.05, 3.63) is 103 Å². The lowest BCUT2D eigenvalue weighted by atomic mass is 9.95. The highest BCUT2D eigenvalue weighted by molar-refractivity contribution is 5.87. The van der Waals surface area contributed by atoms with E-state index in [4.69, 9.17) is 27.2 Å². The number of benzene rings is 1. The van der Waals surface area contributed by atoms with Crippen molar-refractivity contribution >= 4 is 22.9 Å². The monoisotopic (exact) mass is 588 g/mol. The number of nitrogens with two attached hydrogens (primary N) is 3. The number of fused-ring (bicyclic) bond motifs is 2. The molecule has 224 valence electrons. The minimum absolute atomic E-state index is 0.0282. The maximum absolute atomic E-state index is 11.3. The van der Waals surface area contributed by atoms with Gasteiger partial charge in [-0.15, -0.1) is 0 Å². The standard InChI is InChI=1S/C23H19N7.C10H17N3O/c24-21-18(6-2-11-25-21)22-27-19-9-10-20(29-13-3-12-26-29)28-23(19)30(22)17-8-7-15-4-1-5-16(15)14-17;1-2-10(14)13-5-3-4-8(7-13)9(12)6-11/h2-3,6-14H,1,4-5H2,(H2,24,25);2,6,8H,1,3-5,7,11-12H2/b;9-6-. The van der Waals surface area contributed by atoms with Crippen LogP contribution in [0.15, 0.2) is 91.7 Å². The first-order valence-corrected chi connectivity index (χ1v) is 14.8. The summed E-state index contributed by atoms with van der Waals surface area (Å²) in [6.07, 6.45) is 13.5. The maximum Gasteiger partial charge on any atom is 0.245 e. The molecule has 1 unspecified atom stereocenters. The summed E-state index contributed by atoms with van der Waals surface area (Å²) in [5.41, 5.74) is 24.2. The van der Waals surface area contributed by atoms with Gasteiger partial charge in [0.15, 0.2) is 17.3 Å². The number of aromatic nitrogens is 6. The van der Waals surface area contributed by atoms with Crippen molar-refractivity contribution in [2.75, 3.05) is 18.8 Å². The third kappa shape index (κ3) is 5.63. The highest BCUT2D eigenvalue weighted by Crippen LogP contribution is 2.33. The number of anilines is 1. The van der Waals surface area contributed by atoms with Crippen LogP contribution >= 0.6 is 0 Å². The van der Waals surface area contributed by atoms with E-state index in [1.807, 2.05) is 36.5 Å². The zero-order valence-electron chi connectivity index (χ0n) is 24.5. The highest BCUT2D eigenvalue weighted by Gasteiger charge is 2.24. The van der Waals surface area contributed by atoms with E-state index in [0.717, 1.165) is 66.3 Å². The van der Waals surface area contributed by atoms with Gasteiger partial charge in [0.05, 0.1) is 5.56 Å². The van der Waals surface area contributed by atoms with Crippen LogP contribution in [0, 0.1) is 5.92 Å². The van der Waals surface area contributed by atoms with E-state index in [9.17, 15) is 4.79 Å². The molecule has 0 spiro atoms. The number of nitrogens with zero attached hydrogens (tertiary/aromatic N) is 7. The second-order valence-corrected chi connectivity index (χ2v) is 11.0. The van der Waals surface area contributed by atoms with Gasteiger partial charge >= 0.3 is 0 Å². The third-order valence-electron chi connectivity index (χ3n) is 8.22. The Labute approximate surface area is 255 Å². The number of imidazole rings is 1. The molecule has 1 atom stereocenters. The van der Waals surface area contributed by atoms with E-state index in [0.29, 0.717) is 18.1 Å². The van der Waals surface area contributed by atoms with Gasteiger partial charge < -0.3 is 22.1 Å². The SMILES string of the molecule is C=CC(=O)N1CCCC(/C(N)=C/N)C1.Nc1ncccc1-c1nc2ccc(-n3cccn3)nc2n1-c1ccc2c(c1)CCC2. The van der Waals surface area contributed by atoms with Gasteiger partial charge in [0.1, 0.15) is 11.3 Å². The van der Waals surface area contributed by atoms with E-state index in [1.54, 1.807) is 22.0 Å². The molecule has 11 nitrogen and oxygen atoms in total. The molecule has 0 bridgehead atoms. The Balaban J connectivity index is 0.000000208. The van der Waals surface area contributed by atoms with Crippen molar-refractivity contribution in [1.82, 2.24) is 34.2 Å². The van der Waals surface area contributed by atoms with Gasteiger partial charge in [0.2, 0.25) is 5.91 Å². The van der Waals surface area contributed by atoms with Gasteiger partial charge in [-0.2, -0.15) is 5.10 Å². The van der Waals surface area contributed by atoms with Crippen LogP contribution in [0.4, 0.5) is 5.82 Å². The normalized spacial score (nSPS) is 16.3. The number of carbonyl (C=O) groups is 1. The predicted molar refractivity (Wildman–Crippen MR) is 172 cm³/mol. The van der Waals surface area contributed by atoms with Crippen LogP contribution in [0.25, 0.3) is 34.1 Å². The highest BCUT2D eigenvalue weighted by atomic mass is 16.2. The van der Waals surface area contributed by atoms with Gasteiger partial charge in [-0.25, -0.2) is 19.6 Å². The van der Waals surface area contributed by atoms with Crippen molar-refractivity contribution in [1.29, 1.82) is 0 Å². The van der Waals surface area contributed by atoms with E-state index >= 15 is 0 Å². The molecule has 1 aromatic carbocycles. The molecular formula is C33H36N10O. The lowest BCUT2D eigenvalue weighted by Crippen LogP contribution is -2.40. The van der Waals surface area contributed by atoms with E-state index in [2.05, 4.69) is 39.4 Å². The lowest BCUT2D eigenvalue weighted by Gasteiger charge is -2.32. The first-order chi connectivity index (χ1) is 21.5. The molecular weight excluding hydrogens is 552 g/mol. The number of amides is 1. The largest absolute Gasteiger partial charge is 0.403 e. The fourth-order valence-corrected chi connectivity index (χ4v) is 5.92. The molecule has 7 rings (SSSR count). The number of carbonyl (C=O) groups excluding carboxylic acids is 1. The fourth-order valence-electron chi connectivity index (χ4n) is 5.92. The van der Waals surface area contributed by atoms with Crippen LogP contribution in [0.2, 0.25) is 0 Å². The topological polar surface area (TPSA) is 160 Å². The second-order valence-electron chi connectivity index (χ2n) is 11.0. The molecule has 5 aromatic rings. The lowest BCUT2D eigenvalue weighted by molar-refractivity contribution is -0.127. The molecule has 1 aliphatic carbocycles. The molecule has 11 heteroatoms. The molecule has 4 aromatic heterocycles. The minimum Gasteiger partial charge on any atom is -0.403 e. The Kier molecular flexibility index (Phi) is 8.09. The maximum atomic E-state index is 11.3. The molecule has 1 aliphatic heterocycles. The van der Waals surface area contributed by atoms with Crippen LogP contribution in [-0.2, 0) is 17.6 Å². The van der Waals surface area contributed by atoms with Crippen LogP contribution < -0.4 is 17.2 Å². The Bertz CT molecular complexity index is 1830. The second kappa shape index (κ2) is 12.4. The van der Waals surface area contributed by atoms with Gasteiger partial charge in [-0.1, -0.05) is 12.6 Å². The van der Waals surface area contributed by atoms with Crippen molar-refractivity contribution in [3.8, 4) is 22.9 Å². The van der Waals surface area contributed by atoms with Gasteiger partial charge in [-0.3, -0.25) is 9.36 Å². The summed E-state index contributed by atoms with van der Waals surface area (Å²) in [6.45, 7) is 4.91. The quantitative estimate of drug-likeness (QED) is 0.261. The van der Waals surface area contributed by atoms with Gasteiger partial charge in [0, 0.05) is 55.2 Å². The third-order valence-corrected chi connectivity index (χ3v) is 8.22. The number of rotatable bonds is 5. The molecule has 0 saturated carbocycles. The molecule has 5 heterocycles. The summed E-state index contributed by atoms with van der Waals surface area (Å²) in [4.78, 5) is 27.2. The molecule has 1 amide bonds. The summed E-state index contributed by atoms with van der Waals surface area (Å²) in [5, 5.41) is 4.32. The molecule has 44 heavy (non-hydrogen) atoms. The number of likely N-dealkylation sites (tertiary alicyclic amines) is 1. The van der Waals surface area contributed by atoms with E-state index < -0.39 is 0 Å². The summed E-state index contributed by atoms with van der Waals surface area (Å²) in [5.74, 6) is 2.10. The Morgan fingerprint density at radius 2 is 1.89 bits per heavy atom. The van der Waals surface area contributed by atoms with E-state index in [1.165, 1.54) is 29.8 Å². The Morgan fingerprint density at radius 1 is 1.02 bits per heavy atom. The number of pyridine rings is 2. The molecule has 6 N–H and O–H groups in total. The summed E-state index contributed by atoms with van der Waals surface area (Å²) >= 11 is 0. The minimum atomic E-state index is -0.0282. The first-order valence-electron chi connectivity index (χ1n) is 14.8. The van der Waals surface area contributed by atoms with Gasteiger partial charge in [0.25, 0.3) is 0 Å². The Morgan fingerprint density at radius 3 is 2.66 bits per heavy atom. The molecule has 2 aliphatic rings. The van der Waals surface area contributed by atoms with Crippen molar-refractivity contribution in [2.24, 2.45) is 17.4 Å². The molecule has 1 saturated heterocycles. The average molecular weight is 589 g/mol. The number of piperidine rings is 1. The fraction of sp³-hybridized carbons (Fsp3) is 0.242. The van der Waals surface area contributed by atoms with Crippen LogP contribution in [0.3, 0.4) is 0 Å².